The van der Waals surface area contributed by atoms with Crippen molar-refractivity contribution < 1.29 is 32.4 Å². The maximum absolute atomic E-state index is 8.42. The Morgan fingerprint density at radius 3 is 1.00 bits per heavy atom. The molecule has 0 aromatic heterocycles. The Morgan fingerprint density at radius 1 is 1.00 bits per heavy atom. The first kappa shape index (κ1) is 9.08. The molecule has 0 fully saturated rings. The van der Waals surface area contributed by atoms with Gasteiger partial charge < -0.3 is 15.1 Å². The van der Waals surface area contributed by atoms with Crippen LogP contribution in [-0.4, -0.2) is 7.32 Å². The van der Waals surface area contributed by atoms with Crippen LogP contribution in [0.2, 0.25) is 0 Å². The van der Waals surface area contributed by atoms with Gasteiger partial charge in [0.25, 0.3) is 0 Å². The molecule has 0 N–H and O–H groups in total. The Morgan fingerprint density at radius 2 is 1.00 bits per heavy atom. The van der Waals surface area contributed by atoms with E-state index < -0.39 is 7.32 Å². The standard InChI is InChI=1S/BO3.Cr/c2-1(3)4;/q-3;+3. The molecule has 0 aromatic carbocycles. The third kappa shape index (κ3) is 121. The van der Waals surface area contributed by atoms with Crippen LogP contribution in [0.3, 0.4) is 0 Å². The Kier molecular flexibility index (Phi) is 8.13. The van der Waals surface area contributed by atoms with Crippen molar-refractivity contribution in [1.82, 2.24) is 0 Å². The van der Waals surface area contributed by atoms with Crippen LogP contribution in [0.5, 0.6) is 0 Å². The Bertz CT molecular complexity index is 11.6. The summed E-state index contributed by atoms with van der Waals surface area (Å²) in [4.78, 5) is 0. The molecule has 0 saturated heterocycles. The van der Waals surface area contributed by atoms with E-state index >= 15 is 0 Å². The van der Waals surface area contributed by atoms with E-state index in [1.807, 2.05) is 0 Å². The topological polar surface area (TPSA) is 69.2 Å². The maximum atomic E-state index is 8.42. The fraction of sp³-hybridized carbons (Fsp3) is 0. The van der Waals surface area contributed by atoms with Crippen molar-refractivity contribution in [2.24, 2.45) is 0 Å². The predicted molar refractivity (Wildman–Crippen MR) is 5.75 cm³/mol. The third-order valence-electron chi connectivity index (χ3n) is 0. The van der Waals surface area contributed by atoms with Gasteiger partial charge in [-0.05, 0) is 0 Å². The number of rotatable bonds is 0. The fourth-order valence-electron chi connectivity index (χ4n) is 0. The minimum absolute atomic E-state index is 0. The van der Waals surface area contributed by atoms with Gasteiger partial charge in [0.1, 0.15) is 0 Å². The molecule has 5 heavy (non-hydrogen) atoms. The van der Waals surface area contributed by atoms with Gasteiger partial charge in [0.2, 0.25) is 0 Å². The second-order valence-electron chi connectivity index (χ2n) is 0.289. The van der Waals surface area contributed by atoms with Crippen LogP contribution in [0.15, 0.2) is 0 Å². The van der Waals surface area contributed by atoms with Gasteiger partial charge in [-0.25, -0.2) is 0 Å². The third-order valence-corrected chi connectivity index (χ3v) is 0. The summed E-state index contributed by atoms with van der Waals surface area (Å²) in [7, 11) is -2.92. The SMILES string of the molecule is [Cr+3].[O-]B([O-])[O-]. The molecule has 0 amide bonds. The van der Waals surface area contributed by atoms with Gasteiger partial charge >= 0.3 is 17.4 Å². The van der Waals surface area contributed by atoms with E-state index in [4.69, 9.17) is 15.1 Å². The predicted octanol–water partition coefficient (Wildman–Crippen LogP) is -3.95. The van der Waals surface area contributed by atoms with Crippen LogP contribution in [0.1, 0.15) is 0 Å². The molecule has 0 unspecified atom stereocenters. The molecule has 0 aromatic rings. The maximum Gasteiger partial charge on any atom is 3.00 e. The first-order chi connectivity index (χ1) is 1.73. The zero-order chi connectivity index (χ0) is 3.58. The van der Waals surface area contributed by atoms with E-state index in [1.165, 1.54) is 0 Å². The Labute approximate surface area is 40.6 Å². The molecule has 0 spiro atoms. The fourth-order valence-corrected chi connectivity index (χ4v) is 0. The van der Waals surface area contributed by atoms with Crippen LogP contribution in [0.4, 0.5) is 0 Å². The van der Waals surface area contributed by atoms with Crippen molar-refractivity contribution in [3.63, 3.8) is 0 Å². The monoisotopic (exact) mass is 111 g/mol. The van der Waals surface area contributed by atoms with Crippen LogP contribution in [-0.2, 0) is 17.4 Å². The van der Waals surface area contributed by atoms with Crippen LogP contribution in [0.25, 0.3) is 0 Å². The summed E-state index contributed by atoms with van der Waals surface area (Å²) >= 11 is 0. The van der Waals surface area contributed by atoms with Gasteiger partial charge in [0.05, 0.1) is 0 Å². The van der Waals surface area contributed by atoms with E-state index in [1.54, 1.807) is 0 Å². The molecular weight excluding hydrogens is 111 g/mol. The summed E-state index contributed by atoms with van der Waals surface area (Å²) in [5.41, 5.74) is 0. The van der Waals surface area contributed by atoms with E-state index in [0.717, 1.165) is 0 Å². The summed E-state index contributed by atoms with van der Waals surface area (Å²) in [6, 6.07) is 0. The van der Waals surface area contributed by atoms with E-state index in [9.17, 15) is 0 Å². The van der Waals surface area contributed by atoms with Gasteiger partial charge in [-0.1, -0.05) is 0 Å². The molecule has 0 heterocycles. The van der Waals surface area contributed by atoms with Gasteiger partial charge in [0.15, 0.2) is 0 Å². The molecule has 0 bridgehead atoms. The molecule has 1 radical (unpaired) electrons. The summed E-state index contributed by atoms with van der Waals surface area (Å²) < 4.78 is 0. The van der Waals surface area contributed by atoms with Crippen molar-refractivity contribution in [1.29, 1.82) is 0 Å². The summed E-state index contributed by atoms with van der Waals surface area (Å²) in [6.45, 7) is 0. The molecule has 3 nitrogen and oxygen atoms in total. The average molecular weight is 111 g/mol. The molecule has 0 rings (SSSR count). The van der Waals surface area contributed by atoms with Crippen LogP contribution < -0.4 is 15.1 Å². The van der Waals surface area contributed by atoms with Gasteiger partial charge in [-0.2, -0.15) is 0 Å². The molecule has 5 heteroatoms. The van der Waals surface area contributed by atoms with Crippen LogP contribution in [0, 0.1) is 0 Å². The van der Waals surface area contributed by atoms with E-state index in [0.29, 0.717) is 0 Å². The van der Waals surface area contributed by atoms with Gasteiger partial charge in [-0.15, -0.1) is 0 Å². The summed E-state index contributed by atoms with van der Waals surface area (Å²) in [5, 5.41) is 25.2. The minimum atomic E-state index is -2.92. The van der Waals surface area contributed by atoms with E-state index in [2.05, 4.69) is 0 Å². The molecule has 0 saturated carbocycles. The van der Waals surface area contributed by atoms with E-state index in [-0.39, 0.29) is 17.4 Å². The van der Waals surface area contributed by atoms with Gasteiger partial charge in [0, 0.05) is 0 Å². The summed E-state index contributed by atoms with van der Waals surface area (Å²) in [5.74, 6) is 0. The zero-order valence-corrected chi connectivity index (χ0v) is 3.49. The quantitative estimate of drug-likeness (QED) is 0.299. The Hall–Kier alpha value is 0.477. The van der Waals surface area contributed by atoms with Crippen molar-refractivity contribution >= 4 is 7.32 Å². The molecule has 0 aliphatic carbocycles. The average Bonchev–Trinajstić information content (AvgIpc) is 0.811. The smallest absolute Gasteiger partial charge is 0.907 e. The first-order valence-electron chi connectivity index (χ1n) is 0.707. The molecular formula is BCrO3. The second-order valence-corrected chi connectivity index (χ2v) is 0.289. The number of hydrogen-bond acceptors (Lipinski definition) is 3. The number of hydrogen-bond donors (Lipinski definition) is 0. The largest absolute Gasteiger partial charge is 3.00 e. The summed E-state index contributed by atoms with van der Waals surface area (Å²) in [6.07, 6.45) is 0. The second kappa shape index (κ2) is 4.48. The first-order valence-corrected chi connectivity index (χ1v) is 0.707. The van der Waals surface area contributed by atoms with Crippen LogP contribution >= 0.6 is 0 Å². The van der Waals surface area contributed by atoms with Crippen molar-refractivity contribution in [2.45, 2.75) is 0 Å². The zero-order valence-electron chi connectivity index (χ0n) is 2.21. The normalized spacial score (nSPS) is 5.40. The molecule has 0 aliphatic rings. The molecule has 0 aliphatic heterocycles. The minimum Gasteiger partial charge on any atom is -0.907 e. The van der Waals surface area contributed by atoms with Crippen molar-refractivity contribution in [3.05, 3.63) is 0 Å². The van der Waals surface area contributed by atoms with Crippen molar-refractivity contribution in [2.75, 3.05) is 0 Å². The molecule has 0 atom stereocenters. The molecule has 27 valence electrons. The Balaban J connectivity index is 0. The van der Waals surface area contributed by atoms with Gasteiger partial charge in [-0.3, -0.25) is 7.32 Å². The van der Waals surface area contributed by atoms with Crippen molar-refractivity contribution in [3.8, 4) is 0 Å².